The smallest absolute Gasteiger partial charge is 0.329 e. The van der Waals surface area contributed by atoms with Crippen molar-refractivity contribution >= 4 is 15.3 Å². The molecule has 1 aromatic carbocycles. The van der Waals surface area contributed by atoms with Crippen LogP contribution >= 0.6 is 9.03 Å². The van der Waals surface area contributed by atoms with Crippen molar-refractivity contribution in [2.75, 3.05) is 13.7 Å². The Morgan fingerprint density at radius 1 is 1.27 bits per heavy atom. The van der Waals surface area contributed by atoms with E-state index in [4.69, 9.17) is 13.8 Å². The molecule has 9 nitrogen and oxygen atoms in total. The van der Waals surface area contributed by atoms with E-state index >= 15 is 0 Å². The van der Waals surface area contributed by atoms with Gasteiger partial charge in [0, 0.05) is 19.4 Å². The van der Waals surface area contributed by atoms with E-state index in [1.807, 2.05) is 23.2 Å². The van der Waals surface area contributed by atoms with E-state index in [0.29, 0.717) is 12.0 Å². The zero-order chi connectivity index (χ0) is 18.9. The lowest BCUT2D eigenvalue weighted by molar-refractivity contribution is -0.119. The first-order chi connectivity index (χ1) is 12.6. The van der Waals surface area contributed by atoms with Crippen LogP contribution in [0.25, 0.3) is 0 Å². The summed E-state index contributed by atoms with van der Waals surface area (Å²) in [6.45, 7) is -0.0641. The lowest BCUT2D eigenvalue weighted by Crippen LogP contribution is -2.44. The van der Waals surface area contributed by atoms with Crippen LogP contribution < -0.4 is 15.8 Å². The molecule has 4 atom stereocenters. The Bertz CT molecular complexity index is 808. The van der Waals surface area contributed by atoms with Crippen molar-refractivity contribution in [1.82, 2.24) is 9.55 Å². The van der Waals surface area contributed by atoms with Crippen LogP contribution in [0.2, 0.25) is 0 Å². The molecule has 0 radical (unpaired) electrons. The normalized spacial score (nSPS) is 14.8. The molecule has 2 rings (SSSR count). The fraction of sp³-hybridized carbons (Fsp3) is 0.312. The average Bonchev–Trinajstić information content (AvgIpc) is 2.65. The van der Waals surface area contributed by atoms with E-state index in [-0.39, 0.29) is 15.6 Å². The highest BCUT2D eigenvalue weighted by Crippen LogP contribution is 2.22. The molecule has 1 heterocycles. The molecule has 0 saturated carbocycles. The van der Waals surface area contributed by atoms with Crippen LogP contribution in [-0.4, -0.2) is 46.9 Å². The van der Waals surface area contributed by atoms with Crippen LogP contribution in [0.15, 0.2) is 52.2 Å². The highest BCUT2D eigenvalue weighted by atomic mass is 31.1. The molecule has 1 aromatic heterocycles. The fourth-order valence-corrected chi connectivity index (χ4v) is 2.70. The molecule has 26 heavy (non-hydrogen) atoms. The summed E-state index contributed by atoms with van der Waals surface area (Å²) in [5.74, 6) is 0.630. The van der Waals surface area contributed by atoms with E-state index < -0.39 is 29.5 Å². The third-order valence-electron chi connectivity index (χ3n) is 3.55. The lowest BCUT2D eigenvalue weighted by Gasteiger charge is -2.26. The Morgan fingerprint density at radius 3 is 2.62 bits per heavy atom. The molecule has 2 unspecified atom stereocenters. The maximum absolute atomic E-state index is 11.8. The number of rotatable bonds is 10. The number of aliphatic hydroxyl groups excluding tert-OH is 1. The van der Waals surface area contributed by atoms with Gasteiger partial charge < -0.3 is 23.7 Å². The number of ether oxygens (including phenoxy) is 1. The number of hydrogen-bond donors (Lipinski definition) is 2. The number of hydrogen-bond acceptors (Lipinski definition) is 7. The predicted molar refractivity (Wildman–Crippen MR) is 94.6 cm³/mol. The molecule has 0 spiro atoms. The van der Waals surface area contributed by atoms with Gasteiger partial charge in [-0.1, -0.05) is 18.2 Å². The number of aromatic amines is 1. The van der Waals surface area contributed by atoms with Gasteiger partial charge in [-0.05, 0) is 12.1 Å². The third kappa shape index (κ3) is 5.34. The summed E-state index contributed by atoms with van der Waals surface area (Å²) < 4.78 is 16.8. The molecule has 0 fully saturated rings. The van der Waals surface area contributed by atoms with Gasteiger partial charge in [0.25, 0.3) is 5.56 Å². The standard InChI is InChI=1S/C16H19N2O7P/c1-23-13(10-24-26-25-11-5-3-2-4-6-11)15(21)12(9-19)18-8-7-14(20)17-16(18)22/h2-9,12-13,15,21,26H,10H2,1H3,(H,17,20,22)/t12-,13+,15?/m0/s1. The summed E-state index contributed by atoms with van der Waals surface area (Å²) in [4.78, 5) is 36.4. The fourth-order valence-electron chi connectivity index (χ4n) is 2.18. The Labute approximate surface area is 150 Å². The average molecular weight is 382 g/mol. The Morgan fingerprint density at radius 2 is 2.00 bits per heavy atom. The van der Waals surface area contributed by atoms with Gasteiger partial charge >= 0.3 is 5.69 Å². The van der Waals surface area contributed by atoms with E-state index in [0.717, 1.165) is 16.8 Å². The van der Waals surface area contributed by atoms with Crippen molar-refractivity contribution in [3.8, 4) is 5.75 Å². The maximum atomic E-state index is 11.8. The molecule has 0 aliphatic heterocycles. The Kier molecular flexibility index (Phi) is 7.68. The van der Waals surface area contributed by atoms with Crippen molar-refractivity contribution in [2.45, 2.75) is 18.2 Å². The molecule has 0 saturated heterocycles. The summed E-state index contributed by atoms with van der Waals surface area (Å²) in [7, 11) is 1.00. The molecular weight excluding hydrogens is 363 g/mol. The number of nitrogens with one attached hydrogen (secondary N) is 1. The van der Waals surface area contributed by atoms with Gasteiger partial charge in [0.1, 0.15) is 30.3 Å². The van der Waals surface area contributed by atoms with Crippen LogP contribution in [0, 0.1) is 0 Å². The van der Waals surface area contributed by atoms with Crippen molar-refractivity contribution in [3.63, 3.8) is 0 Å². The number of aldehydes is 1. The maximum Gasteiger partial charge on any atom is 0.329 e. The Hall–Kier alpha value is -2.32. The largest absolute Gasteiger partial charge is 0.450 e. The minimum Gasteiger partial charge on any atom is -0.450 e. The minimum atomic E-state index is -1.37. The van der Waals surface area contributed by atoms with Gasteiger partial charge in [-0.15, -0.1) is 0 Å². The zero-order valence-corrected chi connectivity index (χ0v) is 14.9. The van der Waals surface area contributed by atoms with Crippen molar-refractivity contribution in [3.05, 3.63) is 63.4 Å². The molecule has 140 valence electrons. The SMILES string of the molecule is CO[C@H](COPOc1ccccc1)C(O)[C@H](C=O)n1ccc(=O)[nH]c1=O. The summed E-state index contributed by atoms with van der Waals surface area (Å²) in [6.07, 6.45) is -0.727. The van der Waals surface area contributed by atoms with Gasteiger partial charge in [-0.25, -0.2) is 4.79 Å². The van der Waals surface area contributed by atoms with Crippen molar-refractivity contribution < 1.29 is 23.7 Å². The summed E-state index contributed by atoms with van der Waals surface area (Å²) in [6, 6.07) is 8.86. The molecule has 10 heteroatoms. The monoisotopic (exact) mass is 382 g/mol. The first-order valence-corrected chi connectivity index (χ1v) is 8.44. The van der Waals surface area contributed by atoms with Crippen molar-refractivity contribution in [2.24, 2.45) is 0 Å². The van der Waals surface area contributed by atoms with E-state index in [1.165, 1.54) is 7.11 Å². The number of aromatic nitrogens is 2. The first-order valence-electron chi connectivity index (χ1n) is 7.63. The predicted octanol–water partition coefficient (Wildman–Crippen LogP) is 0.257. The van der Waals surface area contributed by atoms with E-state index in [1.54, 1.807) is 12.1 Å². The summed E-state index contributed by atoms with van der Waals surface area (Å²) in [5.41, 5.74) is -1.41. The molecule has 0 aliphatic rings. The van der Waals surface area contributed by atoms with Crippen molar-refractivity contribution in [1.29, 1.82) is 0 Å². The van der Waals surface area contributed by atoms with Crippen LogP contribution in [-0.2, 0) is 14.1 Å². The van der Waals surface area contributed by atoms with E-state index in [9.17, 15) is 19.5 Å². The molecular formula is C16H19N2O7P. The van der Waals surface area contributed by atoms with Gasteiger partial charge in [0.2, 0.25) is 9.03 Å². The number of H-pyrrole nitrogens is 1. The minimum absolute atomic E-state index is 0.0641. The van der Waals surface area contributed by atoms with Gasteiger partial charge in [0.15, 0.2) is 0 Å². The Balaban J connectivity index is 1.97. The first kappa shape index (κ1) is 20.0. The number of aliphatic hydroxyl groups is 1. The highest BCUT2D eigenvalue weighted by molar-refractivity contribution is 7.26. The van der Waals surface area contributed by atoms with Crippen LogP contribution in [0.5, 0.6) is 5.75 Å². The van der Waals surface area contributed by atoms with Crippen LogP contribution in [0.4, 0.5) is 0 Å². The quantitative estimate of drug-likeness (QED) is 0.343. The summed E-state index contributed by atoms with van der Waals surface area (Å²) in [5, 5.41) is 10.4. The number of methoxy groups -OCH3 is 1. The third-order valence-corrected chi connectivity index (χ3v) is 4.16. The molecule has 0 aliphatic carbocycles. The molecule has 2 N–H and O–H groups in total. The number of benzene rings is 1. The number of carbonyl (C=O) groups excluding carboxylic acids is 1. The van der Waals surface area contributed by atoms with Gasteiger partial charge in [-0.3, -0.25) is 14.3 Å². The highest BCUT2D eigenvalue weighted by Gasteiger charge is 2.30. The van der Waals surface area contributed by atoms with Crippen LogP contribution in [0.1, 0.15) is 6.04 Å². The number of para-hydroxylation sites is 1. The number of carbonyl (C=O) groups is 1. The molecule has 0 bridgehead atoms. The topological polar surface area (TPSA) is 120 Å². The van der Waals surface area contributed by atoms with Gasteiger partial charge in [0.05, 0.1) is 6.61 Å². The zero-order valence-electron chi connectivity index (χ0n) is 13.9. The lowest BCUT2D eigenvalue weighted by atomic mass is 10.1. The molecule has 2 aromatic rings. The summed E-state index contributed by atoms with van der Waals surface area (Å²) >= 11 is 0. The second-order valence-corrected chi connectivity index (χ2v) is 5.88. The van der Waals surface area contributed by atoms with E-state index in [2.05, 4.69) is 0 Å². The number of nitrogens with zero attached hydrogens (tertiary/aromatic N) is 1. The van der Waals surface area contributed by atoms with Gasteiger partial charge in [-0.2, -0.15) is 0 Å². The second-order valence-electron chi connectivity index (χ2n) is 5.22. The van der Waals surface area contributed by atoms with Crippen LogP contribution in [0.3, 0.4) is 0 Å². The molecule has 0 amide bonds. The second kappa shape index (κ2) is 9.98.